The Morgan fingerprint density at radius 3 is 2.95 bits per heavy atom. The molecule has 21 heavy (non-hydrogen) atoms. The Balaban J connectivity index is 1.84. The first-order valence-corrected chi connectivity index (χ1v) is 7.63. The van der Waals surface area contributed by atoms with Crippen molar-refractivity contribution in [1.82, 2.24) is 5.43 Å². The molecule has 0 saturated heterocycles. The van der Waals surface area contributed by atoms with Crippen molar-refractivity contribution < 1.29 is 9.53 Å². The number of aryl methyl sites for hydroxylation is 1. The molecule has 0 radical (unpaired) electrons. The molecule has 7 heteroatoms. The number of hydrogen-bond donors (Lipinski definition) is 1. The molecule has 1 aromatic carbocycles. The smallest absolute Gasteiger partial charge is 0.277 e. The molecule has 2 rings (SSSR count). The molecule has 2 aromatic rings. The molecule has 4 nitrogen and oxygen atoms in total. The van der Waals surface area contributed by atoms with Gasteiger partial charge in [0.25, 0.3) is 5.91 Å². The zero-order valence-electron chi connectivity index (χ0n) is 11.1. The van der Waals surface area contributed by atoms with Crippen LogP contribution in [0.15, 0.2) is 34.7 Å². The number of nitrogens with zero attached hydrogens (tertiary/aromatic N) is 1. The highest BCUT2D eigenvalue weighted by Crippen LogP contribution is 2.27. The van der Waals surface area contributed by atoms with E-state index in [9.17, 15) is 4.79 Å². The van der Waals surface area contributed by atoms with Gasteiger partial charge in [-0.2, -0.15) is 5.10 Å². The summed E-state index contributed by atoms with van der Waals surface area (Å²) in [7, 11) is 0. The molecule has 110 valence electrons. The lowest BCUT2D eigenvalue weighted by atomic mass is 10.3. The second-order valence-electron chi connectivity index (χ2n) is 4.12. The Bertz CT molecular complexity index is 671. The van der Waals surface area contributed by atoms with Crippen LogP contribution in [0.25, 0.3) is 0 Å². The molecule has 0 atom stereocenters. The normalized spacial score (nSPS) is 10.8. The van der Waals surface area contributed by atoms with Gasteiger partial charge in [0.2, 0.25) is 0 Å². The van der Waals surface area contributed by atoms with Crippen molar-refractivity contribution in [2.75, 3.05) is 6.61 Å². The van der Waals surface area contributed by atoms with Crippen LogP contribution in [0, 0.1) is 6.92 Å². The van der Waals surface area contributed by atoms with Crippen LogP contribution in [-0.4, -0.2) is 18.7 Å². The van der Waals surface area contributed by atoms with Gasteiger partial charge in [0.1, 0.15) is 5.75 Å². The Hall–Kier alpha value is -1.56. The number of thiophene rings is 1. The summed E-state index contributed by atoms with van der Waals surface area (Å²) in [6, 6.07) is 6.78. The van der Waals surface area contributed by atoms with Crippen LogP contribution < -0.4 is 10.2 Å². The molecule has 1 N–H and O–H groups in total. The summed E-state index contributed by atoms with van der Waals surface area (Å²) >= 11 is 13.3. The molecule has 0 unspecified atom stereocenters. The number of amides is 1. The largest absolute Gasteiger partial charge is 0.482 e. The minimum Gasteiger partial charge on any atom is -0.482 e. The molecular formula is C14H12Cl2N2O2S. The fraction of sp³-hybridized carbons (Fsp3) is 0.143. The van der Waals surface area contributed by atoms with Gasteiger partial charge in [-0.15, -0.1) is 11.3 Å². The molecule has 0 aliphatic carbocycles. The lowest BCUT2D eigenvalue weighted by molar-refractivity contribution is -0.123. The first-order valence-electron chi connectivity index (χ1n) is 6.00. The minimum absolute atomic E-state index is 0.194. The lowest BCUT2D eigenvalue weighted by Gasteiger charge is -2.07. The zero-order chi connectivity index (χ0) is 15.2. The molecule has 0 bridgehead atoms. The summed E-state index contributed by atoms with van der Waals surface area (Å²) in [5.74, 6) is -0.0195. The maximum Gasteiger partial charge on any atom is 0.277 e. The van der Waals surface area contributed by atoms with E-state index in [0.29, 0.717) is 15.8 Å². The van der Waals surface area contributed by atoms with Gasteiger partial charge >= 0.3 is 0 Å². The molecule has 0 saturated carbocycles. The van der Waals surface area contributed by atoms with Gasteiger partial charge in [0.15, 0.2) is 6.61 Å². The Kier molecular flexibility index (Phi) is 5.61. The Morgan fingerprint density at radius 2 is 2.24 bits per heavy atom. The van der Waals surface area contributed by atoms with Crippen LogP contribution in [0.5, 0.6) is 5.75 Å². The van der Waals surface area contributed by atoms with Gasteiger partial charge in [-0.05, 0) is 36.1 Å². The number of ether oxygens (including phenoxy) is 1. The predicted molar refractivity (Wildman–Crippen MR) is 86.7 cm³/mol. The molecule has 0 aliphatic heterocycles. The van der Waals surface area contributed by atoms with Gasteiger partial charge in [-0.1, -0.05) is 23.2 Å². The zero-order valence-corrected chi connectivity index (χ0v) is 13.4. The number of rotatable bonds is 5. The minimum atomic E-state index is -0.378. The quantitative estimate of drug-likeness (QED) is 0.661. The molecule has 1 aromatic heterocycles. The number of carbonyl (C=O) groups is 1. The highest BCUT2D eigenvalue weighted by molar-refractivity contribution is 7.11. The standard InChI is InChI=1S/C14H12Cl2N2O2S/c1-9-4-5-21-13(9)7-17-18-14(19)8-20-12-6-10(15)2-3-11(12)16/h2-7H,8H2,1H3,(H,18,19). The van der Waals surface area contributed by atoms with Crippen molar-refractivity contribution in [2.45, 2.75) is 6.92 Å². The average Bonchev–Trinajstić information content (AvgIpc) is 2.85. The van der Waals surface area contributed by atoms with Crippen LogP contribution in [0.2, 0.25) is 10.0 Å². The maximum absolute atomic E-state index is 11.6. The van der Waals surface area contributed by atoms with Crippen molar-refractivity contribution in [2.24, 2.45) is 5.10 Å². The van der Waals surface area contributed by atoms with E-state index < -0.39 is 0 Å². The van der Waals surface area contributed by atoms with Crippen LogP contribution >= 0.6 is 34.5 Å². The topological polar surface area (TPSA) is 50.7 Å². The van der Waals surface area contributed by atoms with Crippen molar-refractivity contribution in [1.29, 1.82) is 0 Å². The van der Waals surface area contributed by atoms with Gasteiger partial charge in [-0.3, -0.25) is 4.79 Å². The average molecular weight is 343 g/mol. The van der Waals surface area contributed by atoms with E-state index in [4.69, 9.17) is 27.9 Å². The van der Waals surface area contributed by atoms with Crippen LogP contribution in [0.1, 0.15) is 10.4 Å². The second kappa shape index (κ2) is 7.45. The first-order chi connectivity index (χ1) is 10.1. The fourth-order valence-corrected chi connectivity index (χ4v) is 2.56. The molecule has 1 heterocycles. The number of nitrogens with one attached hydrogen (secondary N) is 1. The van der Waals surface area contributed by atoms with Gasteiger partial charge in [0.05, 0.1) is 11.2 Å². The molecule has 0 fully saturated rings. The highest BCUT2D eigenvalue weighted by Gasteiger charge is 2.06. The van der Waals surface area contributed by atoms with Crippen molar-refractivity contribution in [3.8, 4) is 5.75 Å². The maximum atomic E-state index is 11.6. The number of carbonyl (C=O) groups excluding carboxylic acids is 1. The third-order valence-corrected chi connectivity index (χ3v) is 4.03. The number of hydrogen-bond acceptors (Lipinski definition) is 4. The number of hydrazone groups is 1. The first kappa shape index (κ1) is 15.8. The van der Waals surface area contributed by atoms with E-state index in [1.54, 1.807) is 35.8 Å². The highest BCUT2D eigenvalue weighted by atomic mass is 35.5. The predicted octanol–water partition coefficient (Wildman–Crippen LogP) is 3.89. The van der Waals surface area contributed by atoms with Gasteiger partial charge < -0.3 is 4.74 Å². The molecule has 1 amide bonds. The van der Waals surface area contributed by atoms with Crippen LogP contribution in [-0.2, 0) is 4.79 Å². The van der Waals surface area contributed by atoms with E-state index >= 15 is 0 Å². The summed E-state index contributed by atoms with van der Waals surface area (Å²) in [5.41, 5.74) is 3.50. The fourth-order valence-electron chi connectivity index (χ4n) is 1.44. The lowest BCUT2D eigenvalue weighted by Crippen LogP contribution is -2.24. The Labute approximate surface area is 136 Å². The summed E-state index contributed by atoms with van der Waals surface area (Å²) in [5, 5.41) is 6.72. The van der Waals surface area contributed by atoms with E-state index in [2.05, 4.69) is 10.5 Å². The van der Waals surface area contributed by atoms with Crippen LogP contribution in [0.4, 0.5) is 0 Å². The second-order valence-corrected chi connectivity index (χ2v) is 5.92. The number of halogens is 2. The van der Waals surface area contributed by atoms with E-state index in [0.717, 1.165) is 10.4 Å². The number of benzene rings is 1. The molecule has 0 spiro atoms. The summed E-state index contributed by atoms with van der Waals surface area (Å²) in [4.78, 5) is 12.6. The summed E-state index contributed by atoms with van der Waals surface area (Å²) in [6.45, 7) is 1.78. The van der Waals surface area contributed by atoms with Gasteiger partial charge in [0, 0.05) is 16.0 Å². The Morgan fingerprint density at radius 1 is 1.43 bits per heavy atom. The van der Waals surface area contributed by atoms with Gasteiger partial charge in [-0.25, -0.2) is 5.43 Å². The summed E-state index contributed by atoms with van der Waals surface area (Å²) < 4.78 is 5.29. The van der Waals surface area contributed by atoms with E-state index in [1.807, 2.05) is 18.4 Å². The van der Waals surface area contributed by atoms with Crippen molar-refractivity contribution in [3.05, 3.63) is 50.1 Å². The van der Waals surface area contributed by atoms with Crippen LogP contribution in [0.3, 0.4) is 0 Å². The summed E-state index contributed by atoms with van der Waals surface area (Å²) in [6.07, 6.45) is 1.60. The monoisotopic (exact) mass is 342 g/mol. The SMILES string of the molecule is Cc1ccsc1C=NNC(=O)COc1cc(Cl)ccc1Cl. The van der Waals surface area contributed by atoms with E-state index in [1.165, 1.54) is 0 Å². The van der Waals surface area contributed by atoms with E-state index in [-0.39, 0.29) is 12.5 Å². The third-order valence-electron chi connectivity index (χ3n) is 2.52. The van der Waals surface area contributed by atoms with Crippen molar-refractivity contribution in [3.63, 3.8) is 0 Å². The third kappa shape index (κ3) is 4.74. The van der Waals surface area contributed by atoms with Crippen molar-refractivity contribution >= 4 is 46.7 Å². The molecular weight excluding hydrogens is 331 g/mol. The molecule has 0 aliphatic rings.